The van der Waals surface area contributed by atoms with Gasteiger partial charge in [-0.25, -0.2) is 9.59 Å². The van der Waals surface area contributed by atoms with E-state index in [0.717, 1.165) is 64.2 Å². The molecule has 296 valence electrons. The van der Waals surface area contributed by atoms with Crippen LogP contribution in [0.15, 0.2) is 12.7 Å². The topological polar surface area (TPSA) is 175 Å². The number of urea groups is 1. The maximum atomic E-state index is 14.9. The lowest BCUT2D eigenvalue weighted by molar-refractivity contribution is -0.146. The molecular formula is C40H64N6O7. The predicted molar refractivity (Wildman–Crippen MR) is 200 cm³/mol. The summed E-state index contributed by atoms with van der Waals surface area (Å²) < 4.78 is 5.51. The summed E-state index contributed by atoms with van der Waals surface area (Å²) in [4.78, 5) is 83.1. The van der Waals surface area contributed by atoms with Crippen LogP contribution in [0.3, 0.4) is 0 Å². The molecule has 5 rings (SSSR count). The van der Waals surface area contributed by atoms with Crippen molar-refractivity contribution in [2.24, 2.45) is 39.9 Å². The van der Waals surface area contributed by atoms with E-state index < -0.39 is 64.7 Å². The molecule has 1 aliphatic heterocycles. The number of amides is 6. The molecule has 4 aliphatic carbocycles. The second-order valence-corrected chi connectivity index (χ2v) is 18.4. The first kappa shape index (κ1) is 40.5. The Bertz CT molecular complexity index is 1410. The van der Waals surface area contributed by atoms with Crippen LogP contribution in [0, 0.1) is 39.9 Å². The SMILES string of the molecule is C=CCNC(=O)C(=O)C(CCC1CC1)NC(=O)C1[C@@H]2C(CN1C(=O)C(NC(=O)NC(COC(=O)NCC1CC1)C(C)(C)C)C1(C)CCCCC1)C2(C)C. The number of alkyl carbamates (subject to hydrolysis) is 1. The molecule has 1 saturated heterocycles. The van der Waals surface area contributed by atoms with Gasteiger partial charge in [0.2, 0.25) is 17.6 Å². The van der Waals surface area contributed by atoms with E-state index in [-0.39, 0.29) is 36.3 Å². The number of ketones is 1. The van der Waals surface area contributed by atoms with Crippen molar-refractivity contribution in [3.05, 3.63) is 12.7 Å². The predicted octanol–water partition coefficient (Wildman–Crippen LogP) is 4.20. The fraction of sp³-hybridized carbons (Fsp3) is 0.800. The lowest BCUT2D eigenvalue weighted by Gasteiger charge is -2.43. The van der Waals surface area contributed by atoms with Crippen molar-refractivity contribution < 1.29 is 33.5 Å². The largest absolute Gasteiger partial charge is 0.447 e. The first-order valence-electron chi connectivity index (χ1n) is 20.0. The first-order chi connectivity index (χ1) is 25.0. The lowest BCUT2D eigenvalue weighted by Crippen LogP contribution is -2.63. The molecule has 13 nitrogen and oxygen atoms in total. The van der Waals surface area contributed by atoms with Crippen LogP contribution in [0.1, 0.15) is 112 Å². The summed E-state index contributed by atoms with van der Waals surface area (Å²) in [6, 6.07) is -3.86. The molecule has 0 bridgehead atoms. The molecule has 53 heavy (non-hydrogen) atoms. The van der Waals surface area contributed by atoms with Crippen LogP contribution in [0.25, 0.3) is 0 Å². The Morgan fingerprint density at radius 1 is 0.906 bits per heavy atom. The lowest BCUT2D eigenvalue weighted by atomic mass is 9.70. The number of Topliss-reactive ketones (excluding diaryl/α,β-unsaturated/α-hetero) is 1. The van der Waals surface area contributed by atoms with Gasteiger partial charge in [0.05, 0.1) is 12.1 Å². The van der Waals surface area contributed by atoms with Crippen LogP contribution in [0.4, 0.5) is 9.59 Å². The van der Waals surface area contributed by atoms with Gasteiger partial charge < -0.3 is 36.2 Å². The molecule has 6 atom stereocenters. The van der Waals surface area contributed by atoms with Gasteiger partial charge in [-0.2, -0.15) is 0 Å². The van der Waals surface area contributed by atoms with E-state index in [4.69, 9.17) is 4.74 Å². The zero-order chi connectivity index (χ0) is 38.7. The van der Waals surface area contributed by atoms with Gasteiger partial charge in [-0.1, -0.05) is 79.7 Å². The highest BCUT2D eigenvalue weighted by molar-refractivity contribution is 6.38. The third-order valence-electron chi connectivity index (χ3n) is 12.8. The van der Waals surface area contributed by atoms with Crippen LogP contribution in [0.2, 0.25) is 0 Å². The number of fused-ring (bicyclic) bond motifs is 1. The van der Waals surface area contributed by atoms with Crippen molar-refractivity contribution >= 4 is 35.6 Å². The van der Waals surface area contributed by atoms with E-state index in [1.54, 1.807) is 4.90 Å². The summed E-state index contributed by atoms with van der Waals surface area (Å²) >= 11 is 0. The third-order valence-corrected chi connectivity index (χ3v) is 12.8. The van der Waals surface area contributed by atoms with Crippen molar-refractivity contribution in [3.63, 3.8) is 0 Å². The first-order valence-corrected chi connectivity index (χ1v) is 20.0. The quantitative estimate of drug-likeness (QED) is 0.110. The average molecular weight is 741 g/mol. The molecule has 5 fully saturated rings. The van der Waals surface area contributed by atoms with Crippen molar-refractivity contribution in [3.8, 4) is 0 Å². The highest BCUT2D eigenvalue weighted by Gasteiger charge is 2.70. The van der Waals surface area contributed by atoms with Crippen LogP contribution in [-0.2, 0) is 23.9 Å². The van der Waals surface area contributed by atoms with Crippen LogP contribution in [-0.4, -0.2) is 90.9 Å². The zero-order valence-corrected chi connectivity index (χ0v) is 32.8. The second-order valence-electron chi connectivity index (χ2n) is 18.4. The Morgan fingerprint density at radius 2 is 1.57 bits per heavy atom. The molecule has 0 aromatic rings. The van der Waals surface area contributed by atoms with Gasteiger partial charge in [-0.15, -0.1) is 6.58 Å². The highest BCUT2D eigenvalue weighted by Crippen LogP contribution is 2.65. The smallest absolute Gasteiger partial charge is 0.407 e. The van der Waals surface area contributed by atoms with Gasteiger partial charge in [0.15, 0.2) is 0 Å². The number of carbonyl (C=O) groups is 6. The normalized spacial score (nSPS) is 25.8. The molecule has 0 aromatic heterocycles. The summed E-state index contributed by atoms with van der Waals surface area (Å²) in [7, 11) is 0. The Hall–Kier alpha value is -3.64. The molecule has 0 spiro atoms. The van der Waals surface area contributed by atoms with Gasteiger partial charge in [-0.3, -0.25) is 19.2 Å². The van der Waals surface area contributed by atoms with E-state index in [1.807, 2.05) is 27.7 Å². The molecule has 4 saturated carbocycles. The molecule has 6 amide bonds. The summed E-state index contributed by atoms with van der Waals surface area (Å²) in [6.45, 7) is 16.7. The summed E-state index contributed by atoms with van der Waals surface area (Å²) in [5, 5.41) is 14.3. The molecular weight excluding hydrogens is 676 g/mol. The Balaban J connectivity index is 1.33. The van der Waals surface area contributed by atoms with Crippen molar-refractivity contribution in [2.45, 2.75) is 136 Å². The number of likely N-dealkylation sites (tertiary alicyclic amines) is 1. The van der Waals surface area contributed by atoms with E-state index in [9.17, 15) is 28.8 Å². The minimum Gasteiger partial charge on any atom is -0.447 e. The molecule has 5 aliphatic rings. The van der Waals surface area contributed by atoms with E-state index in [0.29, 0.717) is 31.3 Å². The minimum atomic E-state index is -1.01. The molecule has 0 aromatic carbocycles. The summed E-state index contributed by atoms with van der Waals surface area (Å²) in [5.41, 5.74) is -1.21. The maximum absolute atomic E-state index is 14.9. The molecule has 5 N–H and O–H groups in total. The average Bonchev–Trinajstić information content (AvgIpc) is 4.06. The summed E-state index contributed by atoms with van der Waals surface area (Å²) in [6.07, 6.45) is 10.7. The Labute approximate surface area is 315 Å². The Kier molecular flexibility index (Phi) is 12.5. The van der Waals surface area contributed by atoms with Crippen molar-refractivity contribution in [2.75, 3.05) is 26.2 Å². The van der Waals surface area contributed by atoms with Crippen LogP contribution < -0.4 is 26.6 Å². The minimum absolute atomic E-state index is 0.0393. The fourth-order valence-electron chi connectivity index (χ4n) is 8.51. The van der Waals surface area contributed by atoms with E-state index >= 15 is 0 Å². The fourth-order valence-corrected chi connectivity index (χ4v) is 8.51. The number of carbonyl (C=O) groups excluding carboxylic acids is 6. The third kappa shape index (κ3) is 10.1. The maximum Gasteiger partial charge on any atom is 0.407 e. The van der Waals surface area contributed by atoms with Gasteiger partial charge in [0, 0.05) is 19.6 Å². The van der Waals surface area contributed by atoms with Crippen molar-refractivity contribution in [1.29, 1.82) is 0 Å². The molecule has 5 unspecified atom stereocenters. The molecule has 0 radical (unpaired) electrons. The van der Waals surface area contributed by atoms with Gasteiger partial charge in [0.25, 0.3) is 5.91 Å². The number of ether oxygens (including phenoxy) is 1. The number of hydrogen-bond acceptors (Lipinski definition) is 7. The van der Waals surface area contributed by atoms with E-state index in [1.165, 1.54) is 6.08 Å². The van der Waals surface area contributed by atoms with Gasteiger partial charge in [0.1, 0.15) is 18.7 Å². The second kappa shape index (κ2) is 16.4. The monoisotopic (exact) mass is 740 g/mol. The molecule has 1 heterocycles. The number of nitrogens with one attached hydrogen (secondary N) is 5. The number of rotatable bonds is 17. The van der Waals surface area contributed by atoms with E-state index in [2.05, 4.69) is 47.0 Å². The zero-order valence-electron chi connectivity index (χ0n) is 32.8. The summed E-state index contributed by atoms with van der Waals surface area (Å²) in [5.74, 6) is -1.28. The van der Waals surface area contributed by atoms with Crippen molar-refractivity contribution in [1.82, 2.24) is 31.5 Å². The number of nitrogens with zero attached hydrogens (tertiary/aromatic N) is 1. The molecule has 13 heteroatoms. The van der Waals surface area contributed by atoms with Gasteiger partial charge in [-0.05, 0) is 78.4 Å². The Morgan fingerprint density at radius 3 is 2.17 bits per heavy atom. The highest BCUT2D eigenvalue weighted by atomic mass is 16.5. The standard InChI is InChI=1S/C40H64N6O7/c1-8-20-41-34(49)31(47)27(17-16-24-12-13-24)43-33(48)30-29-26(39(29,5)6)22-46(30)35(50)32(40(7)18-10-9-11-19-40)45-36(51)44-28(38(2,3)4)23-53-37(52)42-21-25-14-15-25/h8,24-30,32H,1,9-23H2,2-7H3,(H,41,49)(H,42,52)(H,43,48)(H2,44,45,51)/t26?,27?,28?,29-,30?,32?/m0/s1. The van der Waals surface area contributed by atoms with Crippen LogP contribution in [0.5, 0.6) is 0 Å². The van der Waals surface area contributed by atoms with Gasteiger partial charge >= 0.3 is 12.1 Å². The number of piperidine rings is 1. The van der Waals surface area contributed by atoms with Crippen LogP contribution >= 0.6 is 0 Å². The number of hydrogen-bond donors (Lipinski definition) is 5.